The third kappa shape index (κ3) is 6.08. The van der Waals surface area contributed by atoms with Gasteiger partial charge in [-0.1, -0.05) is 96.5 Å². The molecule has 49 heavy (non-hydrogen) atoms. The highest BCUT2D eigenvalue weighted by Gasteiger charge is 2.29. The molecule has 6 nitrogen and oxygen atoms in total. The second-order valence-corrected chi connectivity index (χ2v) is 14.1. The summed E-state index contributed by atoms with van der Waals surface area (Å²) in [6.07, 6.45) is 3.71. The first-order valence-electron chi connectivity index (χ1n) is 17.2. The average molecular weight is 649 g/mol. The first kappa shape index (κ1) is 32.2. The van der Waals surface area contributed by atoms with Gasteiger partial charge < -0.3 is 9.47 Å². The summed E-state index contributed by atoms with van der Waals surface area (Å²) in [6.45, 7) is 13.5. The zero-order chi connectivity index (χ0) is 34.3. The molecule has 0 radical (unpaired) electrons. The fourth-order valence-corrected chi connectivity index (χ4v) is 6.83. The van der Waals surface area contributed by atoms with Crippen LogP contribution >= 0.6 is 0 Å². The summed E-state index contributed by atoms with van der Waals surface area (Å²) in [5.74, 6) is 3.36. The minimum Gasteiger partial charge on any atom is -0.497 e. The van der Waals surface area contributed by atoms with Gasteiger partial charge in [-0.05, 0) is 59.9 Å². The fraction of sp³-hybridized carbons (Fsp3) is 0.256. The van der Waals surface area contributed by atoms with Crippen molar-refractivity contribution in [3.8, 4) is 39.9 Å². The van der Waals surface area contributed by atoms with E-state index in [4.69, 9.17) is 19.6 Å². The molecule has 0 aliphatic carbocycles. The van der Waals surface area contributed by atoms with Crippen LogP contribution in [0.3, 0.4) is 0 Å². The molecule has 0 aliphatic rings. The normalized spacial score (nSPS) is 11.9. The van der Waals surface area contributed by atoms with Crippen molar-refractivity contribution in [2.24, 2.45) is 0 Å². The molecule has 0 bridgehead atoms. The van der Waals surface area contributed by atoms with E-state index in [1.54, 1.807) is 13.3 Å². The number of rotatable bonds is 9. The largest absolute Gasteiger partial charge is 0.497 e. The lowest BCUT2D eigenvalue weighted by Crippen LogP contribution is -2.19. The predicted molar refractivity (Wildman–Crippen MR) is 201 cm³/mol. The molecule has 3 aromatic heterocycles. The molecular weight excluding hydrogens is 604 g/mol. The third-order valence-corrected chi connectivity index (χ3v) is 9.11. The lowest BCUT2D eigenvalue weighted by atomic mass is 9.85. The number of ether oxygens (including phenoxy) is 2. The van der Waals surface area contributed by atoms with Crippen molar-refractivity contribution in [3.05, 3.63) is 126 Å². The Morgan fingerprint density at radius 1 is 0.755 bits per heavy atom. The van der Waals surface area contributed by atoms with Gasteiger partial charge in [0.25, 0.3) is 0 Å². The van der Waals surface area contributed by atoms with E-state index in [1.807, 2.05) is 12.1 Å². The van der Waals surface area contributed by atoms with Crippen molar-refractivity contribution in [2.45, 2.75) is 65.7 Å². The molecule has 0 saturated heterocycles. The maximum atomic E-state index is 6.77. The van der Waals surface area contributed by atoms with Crippen molar-refractivity contribution >= 4 is 21.8 Å². The number of para-hydroxylation sites is 1. The highest BCUT2D eigenvalue weighted by Crippen LogP contribution is 2.40. The molecule has 0 saturated carbocycles. The van der Waals surface area contributed by atoms with Crippen LogP contribution in [0.15, 0.2) is 109 Å². The molecule has 0 amide bonds. The maximum absolute atomic E-state index is 6.77. The van der Waals surface area contributed by atoms with Crippen LogP contribution in [0.1, 0.15) is 70.8 Å². The molecule has 0 N–H and O–H groups in total. The number of nitrogens with zero attached hydrogens (tertiary/aromatic N) is 4. The predicted octanol–water partition coefficient (Wildman–Crippen LogP) is 11.2. The number of benzene rings is 4. The minimum absolute atomic E-state index is 0.161. The average Bonchev–Trinajstić information content (AvgIpc) is 3.65. The Kier molecular flexibility index (Phi) is 8.49. The van der Waals surface area contributed by atoms with Crippen molar-refractivity contribution in [3.63, 3.8) is 0 Å². The van der Waals surface area contributed by atoms with Crippen molar-refractivity contribution < 1.29 is 9.47 Å². The van der Waals surface area contributed by atoms with Gasteiger partial charge in [0.15, 0.2) is 0 Å². The molecular formula is C43H44N4O2. The van der Waals surface area contributed by atoms with Gasteiger partial charge in [-0.15, -0.1) is 0 Å². The fourth-order valence-electron chi connectivity index (χ4n) is 6.83. The second kappa shape index (κ2) is 12.9. The van der Waals surface area contributed by atoms with E-state index >= 15 is 0 Å². The van der Waals surface area contributed by atoms with E-state index in [0.717, 1.165) is 69.1 Å². The molecule has 248 valence electrons. The van der Waals surface area contributed by atoms with Crippen LogP contribution in [0, 0.1) is 0 Å². The van der Waals surface area contributed by atoms with Gasteiger partial charge in [-0.2, -0.15) is 5.10 Å². The van der Waals surface area contributed by atoms with Crippen molar-refractivity contribution in [1.82, 2.24) is 19.3 Å². The topological polar surface area (TPSA) is 54.1 Å². The third-order valence-electron chi connectivity index (χ3n) is 9.11. The number of hydrogen-bond acceptors (Lipinski definition) is 4. The van der Waals surface area contributed by atoms with Gasteiger partial charge in [0, 0.05) is 46.1 Å². The van der Waals surface area contributed by atoms with E-state index in [-0.39, 0.29) is 5.41 Å². The summed E-state index contributed by atoms with van der Waals surface area (Å²) in [4.78, 5) is 4.72. The first-order valence-corrected chi connectivity index (χ1v) is 17.2. The van der Waals surface area contributed by atoms with Crippen LogP contribution in [0.5, 0.6) is 17.2 Å². The van der Waals surface area contributed by atoms with Crippen LogP contribution in [-0.4, -0.2) is 26.4 Å². The number of aromatic nitrogens is 4. The number of pyridine rings is 1. The Morgan fingerprint density at radius 3 is 2.24 bits per heavy atom. The summed E-state index contributed by atoms with van der Waals surface area (Å²) in [7, 11) is 1.68. The molecule has 0 atom stereocenters. The molecule has 0 unspecified atom stereocenters. The standard InChI is InChI=1S/C43H44N4O2/c1-8-14-37-41(29-15-10-9-11-16-29)42(43(4,5)6)47(45-37)31-23-30(28(2)3)24-34(25-31)49-33-19-20-36-35-17-12-13-18-38(35)46(39(36)26-33)40-27-32(48-7)21-22-44-40/h9-13,15-28H,8,14H2,1-7H3. The van der Waals surface area contributed by atoms with E-state index < -0.39 is 0 Å². The van der Waals surface area contributed by atoms with Crippen LogP contribution in [0.25, 0.3) is 44.4 Å². The van der Waals surface area contributed by atoms with Crippen LogP contribution in [0.4, 0.5) is 0 Å². The zero-order valence-corrected chi connectivity index (χ0v) is 29.5. The van der Waals surface area contributed by atoms with Gasteiger partial charge in [-0.25, -0.2) is 9.67 Å². The van der Waals surface area contributed by atoms with Crippen molar-refractivity contribution in [2.75, 3.05) is 7.11 Å². The Morgan fingerprint density at radius 2 is 1.51 bits per heavy atom. The van der Waals surface area contributed by atoms with Gasteiger partial charge in [0.2, 0.25) is 0 Å². The van der Waals surface area contributed by atoms with Crippen LogP contribution in [0.2, 0.25) is 0 Å². The van der Waals surface area contributed by atoms with Crippen LogP contribution in [-0.2, 0) is 11.8 Å². The molecule has 0 aliphatic heterocycles. The van der Waals surface area contributed by atoms with E-state index in [9.17, 15) is 0 Å². The number of hydrogen-bond donors (Lipinski definition) is 0. The lowest BCUT2D eigenvalue weighted by molar-refractivity contribution is 0.414. The Balaban J connectivity index is 1.38. The molecule has 7 rings (SSSR count). The summed E-state index contributed by atoms with van der Waals surface area (Å²) >= 11 is 0. The number of methoxy groups -OCH3 is 1. The minimum atomic E-state index is -0.161. The zero-order valence-electron chi connectivity index (χ0n) is 29.5. The summed E-state index contributed by atoms with van der Waals surface area (Å²) in [6, 6.07) is 35.8. The lowest BCUT2D eigenvalue weighted by Gasteiger charge is -2.24. The molecule has 7 aromatic rings. The summed E-state index contributed by atoms with van der Waals surface area (Å²) < 4.78 is 16.7. The number of fused-ring (bicyclic) bond motifs is 3. The van der Waals surface area contributed by atoms with E-state index in [1.165, 1.54) is 22.4 Å². The van der Waals surface area contributed by atoms with Gasteiger partial charge in [0.1, 0.15) is 23.1 Å². The van der Waals surface area contributed by atoms with Gasteiger partial charge >= 0.3 is 0 Å². The van der Waals surface area contributed by atoms with Gasteiger partial charge in [-0.3, -0.25) is 4.57 Å². The molecule has 4 aromatic carbocycles. The Labute approximate surface area is 289 Å². The molecule has 0 fully saturated rings. The van der Waals surface area contributed by atoms with Crippen molar-refractivity contribution in [1.29, 1.82) is 0 Å². The summed E-state index contributed by atoms with van der Waals surface area (Å²) in [5.41, 5.74) is 8.88. The van der Waals surface area contributed by atoms with Crippen LogP contribution < -0.4 is 9.47 Å². The van der Waals surface area contributed by atoms with E-state index in [2.05, 4.69) is 142 Å². The van der Waals surface area contributed by atoms with E-state index in [0.29, 0.717) is 5.92 Å². The molecule has 6 heteroatoms. The second-order valence-electron chi connectivity index (χ2n) is 14.1. The highest BCUT2D eigenvalue weighted by atomic mass is 16.5. The van der Waals surface area contributed by atoms with Gasteiger partial charge in [0.05, 0.1) is 35.2 Å². The molecule has 3 heterocycles. The summed E-state index contributed by atoms with van der Waals surface area (Å²) in [5, 5.41) is 7.61. The Bertz CT molecular complexity index is 2270. The monoisotopic (exact) mass is 648 g/mol. The highest BCUT2D eigenvalue weighted by molar-refractivity contribution is 6.09. The maximum Gasteiger partial charge on any atom is 0.141 e. The first-order chi connectivity index (χ1) is 23.7. The smallest absolute Gasteiger partial charge is 0.141 e. The quantitative estimate of drug-likeness (QED) is 0.156. The Hall–Kier alpha value is -5.36. The SMILES string of the molecule is CCCc1nn(-c2cc(Oc3ccc4c5ccccc5n(-c5cc(OC)ccn5)c4c3)cc(C(C)C)c2)c(C(C)(C)C)c1-c1ccccc1. The number of aryl methyl sites for hydroxylation is 1. The molecule has 0 spiro atoms.